The number of nitrogens with zero attached hydrogens (tertiary/aromatic N) is 2. The number of alkyl halides is 3. The Morgan fingerprint density at radius 1 is 0.783 bits per heavy atom. The van der Waals surface area contributed by atoms with Crippen LogP contribution in [0.1, 0.15) is 88.1 Å². The summed E-state index contributed by atoms with van der Waals surface area (Å²) in [7, 11) is 4.65. The molecule has 0 aliphatic carbocycles. The molecule has 236 valence electrons. The van der Waals surface area contributed by atoms with Crippen LogP contribution in [0.15, 0.2) is 71.1 Å². The van der Waals surface area contributed by atoms with Gasteiger partial charge in [-0.3, -0.25) is 4.57 Å². The molecular weight excluding hydrogens is 579 g/mol. The van der Waals surface area contributed by atoms with Crippen molar-refractivity contribution in [3.63, 3.8) is 0 Å². The molecule has 0 amide bonds. The number of aryl methyl sites for hydroxylation is 1. The lowest BCUT2D eigenvalue weighted by Gasteiger charge is -2.41. The van der Waals surface area contributed by atoms with Crippen LogP contribution in [0.3, 0.4) is 0 Å². The van der Waals surface area contributed by atoms with E-state index in [4.69, 9.17) is 9.40 Å². The van der Waals surface area contributed by atoms with Gasteiger partial charge in [0.25, 0.3) is 0 Å². The molecule has 2 aromatic heterocycles. The largest absolute Gasteiger partial charge is 0.455 e. The lowest BCUT2D eigenvalue weighted by molar-refractivity contribution is -0.137. The van der Waals surface area contributed by atoms with Gasteiger partial charge < -0.3 is 4.42 Å². The standard InChI is InChI=1S/C38H41B2F3N2O/c1-20(2)27-17-24(37(39,40)36(6,7)8)18-28(21(3)4)33(27)45-30-12-10-9-11-29(30)44-35(45)32-22(5)13-15-26-25-16-14-23(38(41,42)43)19-31(25)46-34(26)32/h9-21H,39-40H2,1-8H3. The van der Waals surface area contributed by atoms with Crippen LogP contribution in [0.5, 0.6) is 0 Å². The topological polar surface area (TPSA) is 31.0 Å². The fraction of sp³-hybridized carbons (Fsp3) is 0.342. The first-order chi connectivity index (χ1) is 21.4. The van der Waals surface area contributed by atoms with Crippen molar-refractivity contribution in [3.8, 4) is 17.1 Å². The first kappa shape index (κ1) is 32.0. The number of hydrogen-bond acceptors (Lipinski definition) is 2. The third kappa shape index (κ3) is 5.05. The lowest BCUT2D eigenvalue weighted by Crippen LogP contribution is -2.41. The van der Waals surface area contributed by atoms with E-state index in [1.54, 1.807) is 0 Å². The second kappa shape index (κ2) is 10.8. The summed E-state index contributed by atoms with van der Waals surface area (Å²) < 4.78 is 49.6. The molecule has 4 aromatic carbocycles. The number of furan rings is 1. The number of fused-ring (bicyclic) bond motifs is 4. The molecule has 3 nitrogen and oxygen atoms in total. The zero-order chi connectivity index (χ0) is 33.5. The molecule has 0 aliphatic rings. The summed E-state index contributed by atoms with van der Waals surface area (Å²) in [6.07, 6.45) is -4.46. The van der Waals surface area contributed by atoms with E-state index >= 15 is 0 Å². The Labute approximate surface area is 271 Å². The van der Waals surface area contributed by atoms with Crippen molar-refractivity contribution >= 4 is 48.7 Å². The van der Waals surface area contributed by atoms with E-state index < -0.39 is 11.7 Å². The van der Waals surface area contributed by atoms with E-state index in [0.29, 0.717) is 16.8 Å². The smallest absolute Gasteiger partial charge is 0.416 e. The number of halogens is 3. The average molecular weight is 620 g/mol. The molecule has 0 N–H and O–H groups in total. The zero-order valence-corrected chi connectivity index (χ0v) is 28.4. The van der Waals surface area contributed by atoms with Gasteiger partial charge in [0.1, 0.15) is 32.7 Å². The Morgan fingerprint density at radius 2 is 1.39 bits per heavy atom. The van der Waals surface area contributed by atoms with Crippen LogP contribution in [0.4, 0.5) is 13.2 Å². The van der Waals surface area contributed by atoms with Crippen molar-refractivity contribution in [3.05, 3.63) is 94.5 Å². The first-order valence-electron chi connectivity index (χ1n) is 16.1. The number of aromatic nitrogens is 2. The van der Waals surface area contributed by atoms with Crippen molar-refractivity contribution < 1.29 is 17.6 Å². The van der Waals surface area contributed by atoms with Crippen LogP contribution in [0, 0.1) is 12.3 Å². The molecule has 46 heavy (non-hydrogen) atoms. The molecule has 6 aromatic rings. The molecule has 0 spiro atoms. The molecule has 0 aliphatic heterocycles. The van der Waals surface area contributed by atoms with Crippen LogP contribution in [-0.2, 0) is 11.4 Å². The Kier molecular flexibility index (Phi) is 7.53. The van der Waals surface area contributed by atoms with Crippen LogP contribution >= 0.6 is 0 Å². The molecule has 2 heterocycles. The minimum Gasteiger partial charge on any atom is -0.455 e. The van der Waals surface area contributed by atoms with Gasteiger partial charge in [0.2, 0.25) is 0 Å². The van der Waals surface area contributed by atoms with E-state index in [-0.39, 0.29) is 28.0 Å². The van der Waals surface area contributed by atoms with Gasteiger partial charge >= 0.3 is 6.18 Å². The molecule has 0 bridgehead atoms. The van der Waals surface area contributed by atoms with Gasteiger partial charge in [0.05, 0.1) is 27.8 Å². The van der Waals surface area contributed by atoms with Gasteiger partial charge in [-0.25, -0.2) is 4.98 Å². The average Bonchev–Trinajstić information content (AvgIpc) is 3.53. The third-order valence-corrected chi connectivity index (χ3v) is 10.2. The van der Waals surface area contributed by atoms with Crippen molar-refractivity contribution in [2.45, 2.75) is 78.6 Å². The highest BCUT2D eigenvalue weighted by atomic mass is 19.4. The molecule has 0 saturated heterocycles. The first-order valence-corrected chi connectivity index (χ1v) is 16.1. The summed E-state index contributed by atoms with van der Waals surface area (Å²) in [4.78, 5) is 5.23. The van der Waals surface area contributed by atoms with Crippen molar-refractivity contribution in [2.24, 2.45) is 5.41 Å². The van der Waals surface area contributed by atoms with Crippen LogP contribution in [0.2, 0.25) is 0 Å². The van der Waals surface area contributed by atoms with E-state index in [1.807, 2.05) is 37.3 Å². The SMILES string of the molecule is BC(B)(c1cc(C(C)C)c(-n2c(-c3c(C)ccc4c3oc3cc(C(F)(F)F)ccc34)nc3ccccc32)c(C(C)C)c1)C(C)(C)C. The third-order valence-electron chi connectivity index (χ3n) is 10.2. The fourth-order valence-electron chi connectivity index (χ4n) is 6.43. The van der Waals surface area contributed by atoms with Crippen LogP contribution in [-0.4, -0.2) is 25.2 Å². The van der Waals surface area contributed by atoms with Gasteiger partial charge in [-0.15, -0.1) is 0 Å². The number of imidazole rings is 1. The van der Waals surface area contributed by atoms with Gasteiger partial charge in [0, 0.05) is 10.8 Å². The van der Waals surface area contributed by atoms with E-state index in [2.05, 4.69) is 86.9 Å². The van der Waals surface area contributed by atoms with Gasteiger partial charge in [-0.2, -0.15) is 13.2 Å². The minimum atomic E-state index is -4.46. The maximum atomic E-state index is 13.7. The highest BCUT2D eigenvalue weighted by Crippen LogP contribution is 2.45. The zero-order valence-electron chi connectivity index (χ0n) is 28.4. The summed E-state index contributed by atoms with van der Waals surface area (Å²) in [5, 5.41) is 1.31. The summed E-state index contributed by atoms with van der Waals surface area (Å²) in [6.45, 7) is 17.8. The lowest BCUT2D eigenvalue weighted by atomic mass is 9.40. The second-order valence-electron chi connectivity index (χ2n) is 14.9. The normalized spacial score (nSPS) is 13.2. The van der Waals surface area contributed by atoms with E-state index in [9.17, 15) is 13.2 Å². The fourth-order valence-corrected chi connectivity index (χ4v) is 6.43. The predicted octanol–water partition coefficient (Wildman–Crippen LogP) is 9.63. The van der Waals surface area contributed by atoms with Crippen molar-refractivity contribution in [1.82, 2.24) is 9.55 Å². The number of para-hydroxylation sites is 2. The van der Waals surface area contributed by atoms with Gasteiger partial charge in [-0.05, 0) is 71.2 Å². The van der Waals surface area contributed by atoms with Gasteiger partial charge in [-0.1, -0.05) is 95.6 Å². The van der Waals surface area contributed by atoms with Crippen LogP contribution in [0.25, 0.3) is 50.0 Å². The Morgan fingerprint density at radius 3 is 1.98 bits per heavy atom. The maximum absolute atomic E-state index is 13.7. The molecule has 8 heteroatoms. The minimum absolute atomic E-state index is 0.0317. The molecule has 0 radical (unpaired) electrons. The molecule has 0 fully saturated rings. The van der Waals surface area contributed by atoms with E-state index in [1.165, 1.54) is 22.8 Å². The monoisotopic (exact) mass is 620 g/mol. The summed E-state index contributed by atoms with van der Waals surface area (Å²) in [5.41, 5.74) is 8.43. The summed E-state index contributed by atoms with van der Waals surface area (Å²) >= 11 is 0. The highest BCUT2D eigenvalue weighted by molar-refractivity contribution is 6.40. The maximum Gasteiger partial charge on any atom is 0.416 e. The quantitative estimate of drug-likeness (QED) is 0.180. The molecular formula is C38H41B2F3N2O. The van der Waals surface area contributed by atoms with Crippen LogP contribution < -0.4 is 0 Å². The Hall–Kier alpha value is -3.93. The van der Waals surface area contributed by atoms with Crippen molar-refractivity contribution in [1.29, 1.82) is 0 Å². The van der Waals surface area contributed by atoms with Gasteiger partial charge in [0.15, 0.2) is 0 Å². The Balaban J connectivity index is 1.74. The number of benzene rings is 4. The predicted molar refractivity (Wildman–Crippen MR) is 190 cm³/mol. The molecule has 0 saturated carbocycles. The summed E-state index contributed by atoms with van der Waals surface area (Å²) in [5.74, 6) is 1.13. The van der Waals surface area contributed by atoms with E-state index in [0.717, 1.165) is 45.4 Å². The molecule has 6 rings (SSSR count). The highest BCUT2D eigenvalue weighted by Gasteiger charge is 2.36. The van der Waals surface area contributed by atoms with Crippen molar-refractivity contribution in [2.75, 3.05) is 0 Å². The molecule has 0 unspecified atom stereocenters. The molecule has 0 atom stereocenters. The number of rotatable bonds is 5. The Bertz CT molecular complexity index is 2100. The number of hydrogen-bond donors (Lipinski definition) is 0. The second-order valence-corrected chi connectivity index (χ2v) is 14.9. The summed E-state index contributed by atoms with van der Waals surface area (Å²) in [6, 6.07) is 20.5.